The maximum absolute atomic E-state index is 12.4. The van der Waals surface area contributed by atoms with Crippen LogP contribution in [0.4, 0.5) is 0 Å². The second kappa shape index (κ2) is 10.7. The first-order chi connectivity index (χ1) is 12.5. The highest BCUT2D eigenvalue weighted by Gasteiger charge is 2.36. The van der Waals surface area contributed by atoms with Crippen molar-refractivity contribution in [2.45, 2.75) is 50.2 Å². The summed E-state index contributed by atoms with van der Waals surface area (Å²) < 4.78 is -1.56. The number of halogens is 3. The molecule has 0 aliphatic rings. The number of hydrogen-bond donors (Lipinski definition) is 4. The van der Waals surface area contributed by atoms with Gasteiger partial charge in [0.05, 0.1) is 20.7 Å². The summed E-state index contributed by atoms with van der Waals surface area (Å²) in [5.74, 6) is -0.712. The Balaban J connectivity index is 5.38. The molecule has 0 unspecified atom stereocenters. The van der Waals surface area contributed by atoms with E-state index in [4.69, 9.17) is 0 Å². The van der Waals surface area contributed by atoms with Crippen molar-refractivity contribution in [3.05, 3.63) is 0 Å². The second-order valence-electron chi connectivity index (χ2n) is 8.67. The van der Waals surface area contributed by atoms with Crippen LogP contribution < -0.4 is 16.0 Å². The Morgan fingerprint density at radius 3 is 1.32 bits per heavy atom. The Hall–Kier alpha value is -0.190. The number of carbonyl (C=O) groups excluding carboxylic acids is 3. The van der Waals surface area contributed by atoms with Gasteiger partial charge < -0.3 is 21.1 Å². The number of hydrogen-bond acceptors (Lipinski definition) is 4. The molecule has 0 aromatic heterocycles. The van der Waals surface area contributed by atoms with Gasteiger partial charge in [-0.2, -0.15) is 0 Å². The van der Waals surface area contributed by atoms with Gasteiger partial charge in [-0.15, -0.1) is 0 Å². The molecule has 0 saturated heterocycles. The molecule has 0 aromatic rings. The third kappa shape index (κ3) is 9.09. The lowest BCUT2D eigenvalue weighted by Crippen LogP contribution is -2.57. The molecule has 3 amide bonds. The summed E-state index contributed by atoms with van der Waals surface area (Å²) in [6, 6.07) is 0. The van der Waals surface area contributed by atoms with E-state index in [2.05, 4.69) is 63.7 Å². The van der Waals surface area contributed by atoms with Crippen LogP contribution in [0.1, 0.15) is 41.5 Å². The molecule has 0 bridgehead atoms. The molecule has 0 fully saturated rings. The molecule has 0 aliphatic carbocycles. The van der Waals surface area contributed by atoms with Crippen LogP contribution in [0.2, 0.25) is 0 Å². The quantitative estimate of drug-likeness (QED) is 0.275. The molecule has 10 heteroatoms. The van der Waals surface area contributed by atoms with Crippen LogP contribution in [0.25, 0.3) is 0 Å². The smallest absolute Gasteiger partial charge is 0.236 e. The highest BCUT2D eigenvalue weighted by Crippen LogP contribution is 2.22. The van der Waals surface area contributed by atoms with Gasteiger partial charge in [-0.1, -0.05) is 61.6 Å². The van der Waals surface area contributed by atoms with Crippen molar-refractivity contribution in [2.75, 3.05) is 31.6 Å². The van der Waals surface area contributed by atoms with Gasteiger partial charge in [0.2, 0.25) is 17.7 Å². The van der Waals surface area contributed by atoms with E-state index in [1.54, 1.807) is 41.5 Å². The monoisotopic (exact) mass is 591 g/mol. The topological polar surface area (TPSA) is 108 Å². The second-order valence-corrected chi connectivity index (χ2v) is 13.2. The number of aliphatic hydroxyl groups excluding tert-OH is 1. The molecule has 0 spiro atoms. The van der Waals surface area contributed by atoms with E-state index in [0.717, 1.165) is 0 Å². The van der Waals surface area contributed by atoms with E-state index in [-0.39, 0.29) is 44.0 Å². The highest BCUT2D eigenvalue weighted by atomic mass is 79.9. The number of aliphatic hydroxyl groups is 1. The lowest BCUT2D eigenvalue weighted by molar-refractivity contribution is -0.128. The SMILES string of the molecule is CC(C)(Br)C(=O)NCC(CO)(CNC(=O)C(C)(C)Br)CNC(=O)C(C)(C)CBr. The molecular formula is C18H32Br3N3O4. The summed E-state index contributed by atoms with van der Waals surface area (Å²) in [6.45, 7) is 10.3. The Morgan fingerprint density at radius 1 is 0.750 bits per heavy atom. The van der Waals surface area contributed by atoms with Crippen molar-refractivity contribution in [3.8, 4) is 0 Å². The summed E-state index contributed by atoms with van der Waals surface area (Å²) in [5.41, 5.74) is -1.59. The molecule has 0 aliphatic heterocycles. The van der Waals surface area contributed by atoms with Crippen molar-refractivity contribution in [1.82, 2.24) is 16.0 Å². The summed E-state index contributed by atoms with van der Waals surface area (Å²) in [5, 5.41) is 19.0. The van der Waals surface area contributed by atoms with E-state index < -0.39 is 19.5 Å². The van der Waals surface area contributed by atoms with Gasteiger partial charge in [-0.3, -0.25) is 14.4 Å². The Kier molecular flexibility index (Phi) is 10.7. The average molecular weight is 594 g/mol. The largest absolute Gasteiger partial charge is 0.396 e. The minimum Gasteiger partial charge on any atom is -0.396 e. The maximum Gasteiger partial charge on any atom is 0.236 e. The first-order valence-corrected chi connectivity index (χ1v) is 11.6. The lowest BCUT2D eigenvalue weighted by atomic mass is 9.87. The van der Waals surface area contributed by atoms with Gasteiger partial charge in [0.15, 0.2) is 0 Å². The first-order valence-electron chi connectivity index (χ1n) is 8.90. The van der Waals surface area contributed by atoms with Crippen LogP contribution in [-0.4, -0.2) is 63.0 Å². The molecule has 164 valence electrons. The van der Waals surface area contributed by atoms with Gasteiger partial charge >= 0.3 is 0 Å². The van der Waals surface area contributed by atoms with Gasteiger partial charge in [0.1, 0.15) is 0 Å². The number of alkyl halides is 3. The number of nitrogens with one attached hydrogen (secondary N) is 3. The minimum absolute atomic E-state index is 0.0787. The summed E-state index contributed by atoms with van der Waals surface area (Å²) in [4.78, 5) is 36.9. The summed E-state index contributed by atoms with van der Waals surface area (Å²) in [7, 11) is 0. The van der Waals surface area contributed by atoms with Crippen molar-refractivity contribution in [2.24, 2.45) is 10.8 Å². The fraction of sp³-hybridized carbons (Fsp3) is 0.833. The standard InChI is InChI=1S/C18H32Br3N3O4/c1-15(2,7-19)12(26)22-8-18(11-25,9-23-13(27)16(3,4)20)10-24-14(28)17(5,6)21/h25H,7-11H2,1-6H3,(H,22,26)(H,23,27)(H,24,28). The predicted octanol–water partition coefficient (Wildman–Crippen LogP) is 2.08. The van der Waals surface area contributed by atoms with Gasteiger partial charge in [0.25, 0.3) is 0 Å². The molecule has 4 N–H and O–H groups in total. The van der Waals surface area contributed by atoms with Crippen LogP contribution in [0, 0.1) is 10.8 Å². The van der Waals surface area contributed by atoms with Crippen molar-refractivity contribution >= 4 is 65.5 Å². The van der Waals surface area contributed by atoms with E-state index in [0.29, 0.717) is 5.33 Å². The Bertz CT molecular complexity index is 539. The summed E-state index contributed by atoms with van der Waals surface area (Å²) >= 11 is 9.91. The van der Waals surface area contributed by atoms with Crippen LogP contribution in [0.5, 0.6) is 0 Å². The minimum atomic E-state index is -0.958. The molecule has 0 radical (unpaired) electrons. The zero-order valence-electron chi connectivity index (χ0n) is 17.3. The van der Waals surface area contributed by atoms with Gasteiger partial charge in [0, 0.05) is 30.4 Å². The fourth-order valence-electron chi connectivity index (χ4n) is 1.88. The predicted molar refractivity (Wildman–Crippen MR) is 122 cm³/mol. The average Bonchev–Trinajstić information content (AvgIpc) is 2.58. The molecule has 0 atom stereocenters. The zero-order chi connectivity index (χ0) is 22.4. The summed E-state index contributed by atoms with van der Waals surface area (Å²) in [6.07, 6.45) is 0. The number of carbonyl (C=O) groups is 3. The fourth-order valence-corrected chi connectivity index (χ4v) is 2.41. The Morgan fingerprint density at radius 2 is 1.07 bits per heavy atom. The van der Waals surface area contributed by atoms with E-state index >= 15 is 0 Å². The molecule has 0 heterocycles. The lowest BCUT2D eigenvalue weighted by Gasteiger charge is -2.35. The van der Waals surface area contributed by atoms with Gasteiger partial charge in [-0.25, -0.2) is 0 Å². The molecule has 28 heavy (non-hydrogen) atoms. The highest BCUT2D eigenvalue weighted by molar-refractivity contribution is 9.10. The van der Waals surface area contributed by atoms with Crippen molar-refractivity contribution in [3.63, 3.8) is 0 Å². The van der Waals surface area contributed by atoms with Crippen LogP contribution in [0.15, 0.2) is 0 Å². The number of amides is 3. The Labute approximate surface area is 192 Å². The molecular weight excluding hydrogens is 562 g/mol. The van der Waals surface area contributed by atoms with E-state index in [1.165, 1.54) is 0 Å². The van der Waals surface area contributed by atoms with Crippen molar-refractivity contribution < 1.29 is 19.5 Å². The third-order valence-electron chi connectivity index (χ3n) is 4.24. The van der Waals surface area contributed by atoms with E-state index in [9.17, 15) is 19.5 Å². The zero-order valence-corrected chi connectivity index (χ0v) is 22.1. The molecule has 0 aromatic carbocycles. The first kappa shape index (κ1) is 27.8. The molecule has 7 nitrogen and oxygen atoms in total. The van der Waals surface area contributed by atoms with Crippen molar-refractivity contribution in [1.29, 1.82) is 0 Å². The normalized spacial score (nSPS) is 13.1. The van der Waals surface area contributed by atoms with E-state index in [1.807, 2.05) is 0 Å². The molecule has 0 saturated carbocycles. The maximum atomic E-state index is 12.4. The third-order valence-corrected chi connectivity index (χ3v) is 6.36. The van der Waals surface area contributed by atoms with Crippen LogP contribution in [-0.2, 0) is 14.4 Å². The van der Waals surface area contributed by atoms with Crippen LogP contribution in [0.3, 0.4) is 0 Å². The van der Waals surface area contributed by atoms with Crippen LogP contribution >= 0.6 is 47.8 Å². The molecule has 0 rings (SSSR count). The van der Waals surface area contributed by atoms with Gasteiger partial charge in [-0.05, 0) is 27.7 Å². The number of rotatable bonds is 11.